The maximum absolute atomic E-state index is 13.9. The average molecular weight is 349 g/mol. The minimum Gasteiger partial charge on any atom is -0.310 e. The minimum absolute atomic E-state index is 0.0979. The highest BCUT2D eigenvalue weighted by Gasteiger charge is 2.26. The Morgan fingerprint density at radius 2 is 2.00 bits per heavy atom. The number of aromatic nitrogens is 2. The third-order valence-electron chi connectivity index (χ3n) is 4.89. The molecule has 0 saturated heterocycles. The predicted octanol–water partition coefficient (Wildman–Crippen LogP) is 2.70. The van der Waals surface area contributed by atoms with Crippen LogP contribution in [-0.2, 0) is 25.9 Å². The number of H-pyrrole nitrogens is 1. The Bertz CT molecular complexity index is 877. The molecule has 2 aliphatic rings. The molecule has 0 bridgehead atoms. The van der Waals surface area contributed by atoms with Gasteiger partial charge in [-0.1, -0.05) is 6.07 Å². The van der Waals surface area contributed by atoms with E-state index >= 15 is 0 Å². The summed E-state index contributed by atoms with van der Waals surface area (Å²) in [6.45, 7) is 1.09. The summed E-state index contributed by atoms with van der Waals surface area (Å²) in [5.74, 6) is -2.48. The van der Waals surface area contributed by atoms with Gasteiger partial charge in [-0.2, -0.15) is 0 Å². The molecule has 0 unspecified atom stereocenters. The van der Waals surface area contributed by atoms with Gasteiger partial charge in [0.25, 0.3) is 5.56 Å². The van der Waals surface area contributed by atoms with E-state index in [9.17, 15) is 18.0 Å². The molecule has 7 heteroatoms. The van der Waals surface area contributed by atoms with Crippen LogP contribution in [0.4, 0.5) is 13.2 Å². The minimum atomic E-state index is -1.45. The maximum atomic E-state index is 13.9. The number of halogens is 3. The Labute approximate surface area is 142 Å². The molecule has 1 fully saturated rings. The number of aromatic amines is 1. The number of nitrogens with zero attached hydrogens (tertiary/aromatic N) is 2. The van der Waals surface area contributed by atoms with Crippen molar-refractivity contribution in [2.75, 3.05) is 6.54 Å². The second kappa shape index (κ2) is 6.29. The second-order valence-corrected chi connectivity index (χ2v) is 6.88. The summed E-state index contributed by atoms with van der Waals surface area (Å²) in [4.78, 5) is 21.5. The summed E-state index contributed by atoms with van der Waals surface area (Å²) < 4.78 is 40.3. The number of hydrogen-bond acceptors (Lipinski definition) is 3. The van der Waals surface area contributed by atoms with Crippen molar-refractivity contribution in [1.29, 1.82) is 0 Å². The van der Waals surface area contributed by atoms with Gasteiger partial charge in [0.15, 0.2) is 17.5 Å². The zero-order valence-corrected chi connectivity index (χ0v) is 13.6. The van der Waals surface area contributed by atoms with Crippen molar-refractivity contribution < 1.29 is 13.2 Å². The summed E-state index contributed by atoms with van der Waals surface area (Å²) in [6, 6.07) is 2.19. The number of hydrogen-bond donors (Lipinski definition) is 1. The lowest BCUT2D eigenvalue weighted by Crippen LogP contribution is -2.35. The summed E-state index contributed by atoms with van der Waals surface area (Å²) in [7, 11) is 0. The number of rotatable bonds is 4. The smallest absolute Gasteiger partial charge is 0.254 e. The van der Waals surface area contributed by atoms with Crippen LogP contribution in [0.3, 0.4) is 0 Å². The molecule has 0 amide bonds. The van der Waals surface area contributed by atoms with Gasteiger partial charge in [0.05, 0.1) is 5.69 Å². The highest BCUT2D eigenvalue weighted by Crippen LogP contribution is 2.31. The van der Waals surface area contributed by atoms with E-state index < -0.39 is 17.5 Å². The lowest BCUT2D eigenvalue weighted by molar-refractivity contribution is 0.235. The van der Waals surface area contributed by atoms with Gasteiger partial charge in [-0.25, -0.2) is 18.2 Å². The fraction of sp³-hybridized carbons (Fsp3) is 0.444. The number of nitrogens with one attached hydrogen (secondary N) is 1. The first-order valence-corrected chi connectivity index (χ1v) is 8.47. The SMILES string of the molecule is O=c1[nH]c(CC2CC2)nc2c1CCN(Cc1ccc(F)c(F)c1F)C2. The van der Waals surface area contributed by atoms with Crippen molar-refractivity contribution in [1.82, 2.24) is 14.9 Å². The third-order valence-corrected chi connectivity index (χ3v) is 4.89. The van der Waals surface area contributed by atoms with Crippen LogP contribution >= 0.6 is 0 Å². The van der Waals surface area contributed by atoms with E-state index in [4.69, 9.17) is 0 Å². The number of fused-ring (bicyclic) bond motifs is 1. The fourth-order valence-electron chi connectivity index (χ4n) is 3.30. The van der Waals surface area contributed by atoms with E-state index in [1.807, 2.05) is 4.90 Å². The summed E-state index contributed by atoms with van der Waals surface area (Å²) >= 11 is 0. The molecule has 1 aromatic heterocycles. The van der Waals surface area contributed by atoms with Gasteiger partial charge in [-0.05, 0) is 31.2 Å². The summed E-state index contributed by atoms with van der Waals surface area (Å²) in [5.41, 5.74) is 1.37. The van der Waals surface area contributed by atoms with Crippen LogP contribution in [0.1, 0.15) is 35.5 Å². The van der Waals surface area contributed by atoms with Gasteiger partial charge in [-0.15, -0.1) is 0 Å². The molecule has 2 aromatic rings. The fourth-order valence-corrected chi connectivity index (χ4v) is 3.30. The molecule has 1 aliphatic carbocycles. The molecule has 132 valence electrons. The van der Waals surface area contributed by atoms with E-state index in [1.165, 1.54) is 18.9 Å². The van der Waals surface area contributed by atoms with Crippen molar-refractivity contribution in [3.8, 4) is 0 Å². The van der Waals surface area contributed by atoms with E-state index in [-0.39, 0.29) is 17.7 Å². The highest BCUT2D eigenvalue weighted by atomic mass is 19.2. The lowest BCUT2D eigenvalue weighted by atomic mass is 10.0. The van der Waals surface area contributed by atoms with Gasteiger partial charge in [-0.3, -0.25) is 9.69 Å². The Hall–Kier alpha value is -2.15. The first kappa shape index (κ1) is 16.3. The molecule has 0 atom stereocenters. The van der Waals surface area contributed by atoms with Crippen LogP contribution in [0.15, 0.2) is 16.9 Å². The lowest BCUT2D eigenvalue weighted by Gasteiger charge is -2.28. The van der Waals surface area contributed by atoms with E-state index in [1.54, 1.807) is 0 Å². The molecule has 2 heterocycles. The van der Waals surface area contributed by atoms with Crippen LogP contribution in [0.2, 0.25) is 0 Å². The van der Waals surface area contributed by atoms with Crippen LogP contribution in [-0.4, -0.2) is 21.4 Å². The monoisotopic (exact) mass is 349 g/mol. The van der Waals surface area contributed by atoms with Crippen LogP contribution in [0.5, 0.6) is 0 Å². The summed E-state index contributed by atoms with van der Waals surface area (Å²) in [6.07, 6.45) is 3.62. The normalized spacial score (nSPS) is 17.6. The van der Waals surface area contributed by atoms with Crippen LogP contribution in [0.25, 0.3) is 0 Å². The average Bonchev–Trinajstić information content (AvgIpc) is 3.39. The molecule has 4 nitrogen and oxygen atoms in total. The zero-order valence-electron chi connectivity index (χ0n) is 13.6. The molecule has 0 spiro atoms. The molecular weight excluding hydrogens is 331 g/mol. The van der Waals surface area contributed by atoms with Crippen LogP contribution < -0.4 is 5.56 Å². The van der Waals surface area contributed by atoms with E-state index in [0.29, 0.717) is 42.5 Å². The number of benzene rings is 1. The largest absolute Gasteiger partial charge is 0.310 e. The zero-order chi connectivity index (χ0) is 17.6. The molecule has 1 N–H and O–H groups in total. The maximum Gasteiger partial charge on any atom is 0.254 e. The molecular formula is C18H18F3N3O. The standard InChI is InChI=1S/C18H18F3N3O/c19-13-4-3-11(16(20)17(13)21)8-24-6-5-12-14(9-24)22-15(23-18(12)25)7-10-1-2-10/h3-4,10H,1-2,5-9H2,(H,22,23,25). The quantitative estimate of drug-likeness (QED) is 0.864. The van der Waals surface area contributed by atoms with Gasteiger partial charge in [0.1, 0.15) is 5.82 Å². The van der Waals surface area contributed by atoms with Crippen molar-refractivity contribution >= 4 is 0 Å². The van der Waals surface area contributed by atoms with Crippen molar-refractivity contribution in [2.24, 2.45) is 5.92 Å². The molecule has 25 heavy (non-hydrogen) atoms. The molecule has 4 rings (SSSR count). The molecule has 1 saturated carbocycles. The highest BCUT2D eigenvalue weighted by molar-refractivity contribution is 5.23. The Kier molecular flexibility index (Phi) is 4.11. The van der Waals surface area contributed by atoms with Gasteiger partial charge in [0, 0.05) is 37.2 Å². The van der Waals surface area contributed by atoms with Crippen molar-refractivity contribution in [3.05, 3.63) is 62.6 Å². The predicted molar refractivity (Wildman–Crippen MR) is 85.4 cm³/mol. The Morgan fingerprint density at radius 1 is 1.20 bits per heavy atom. The van der Waals surface area contributed by atoms with E-state index in [0.717, 1.165) is 12.5 Å². The van der Waals surface area contributed by atoms with Gasteiger partial charge < -0.3 is 4.98 Å². The Morgan fingerprint density at radius 3 is 2.76 bits per heavy atom. The molecule has 1 aliphatic heterocycles. The van der Waals surface area contributed by atoms with Crippen molar-refractivity contribution in [3.63, 3.8) is 0 Å². The first-order valence-electron chi connectivity index (χ1n) is 8.47. The van der Waals surface area contributed by atoms with Crippen LogP contribution in [0, 0.1) is 23.4 Å². The topological polar surface area (TPSA) is 49.0 Å². The first-order chi connectivity index (χ1) is 12.0. The van der Waals surface area contributed by atoms with Crippen molar-refractivity contribution in [2.45, 2.75) is 38.8 Å². The second-order valence-electron chi connectivity index (χ2n) is 6.88. The van der Waals surface area contributed by atoms with Gasteiger partial charge in [0.2, 0.25) is 0 Å². The van der Waals surface area contributed by atoms with Gasteiger partial charge >= 0.3 is 0 Å². The third kappa shape index (κ3) is 3.33. The molecule has 0 radical (unpaired) electrons. The summed E-state index contributed by atoms with van der Waals surface area (Å²) in [5, 5.41) is 0. The molecule has 1 aromatic carbocycles. The van der Waals surface area contributed by atoms with E-state index in [2.05, 4.69) is 9.97 Å². The Balaban J connectivity index is 1.55.